The predicted octanol–water partition coefficient (Wildman–Crippen LogP) is 4.63. The highest BCUT2D eigenvalue weighted by Crippen LogP contribution is 2.33. The van der Waals surface area contributed by atoms with E-state index in [1.54, 1.807) is 20.8 Å². The summed E-state index contributed by atoms with van der Waals surface area (Å²) in [4.78, 5) is 12.5. The molecular formula is C18H21ClF3NO3. The number of benzene rings is 1. The fourth-order valence-electron chi connectivity index (χ4n) is 2.53. The molecule has 4 nitrogen and oxygen atoms in total. The molecule has 0 radical (unpaired) electrons. The topological polar surface area (TPSA) is 60.8 Å². The summed E-state index contributed by atoms with van der Waals surface area (Å²) >= 11 is 5.61. The van der Waals surface area contributed by atoms with Crippen molar-refractivity contribution in [3.63, 3.8) is 0 Å². The van der Waals surface area contributed by atoms with Crippen LogP contribution in [0.25, 0.3) is 0 Å². The van der Waals surface area contributed by atoms with Gasteiger partial charge in [-0.2, -0.15) is 13.2 Å². The summed E-state index contributed by atoms with van der Waals surface area (Å²) in [6.07, 6.45) is -7.14. The summed E-state index contributed by atoms with van der Waals surface area (Å²) in [5.74, 6) is 4.88. The van der Waals surface area contributed by atoms with Crippen LogP contribution in [0.2, 0.25) is 5.02 Å². The summed E-state index contributed by atoms with van der Waals surface area (Å²) in [7, 11) is 0. The van der Waals surface area contributed by atoms with Crippen LogP contribution in [-0.4, -0.2) is 38.9 Å². The van der Waals surface area contributed by atoms with Crippen molar-refractivity contribution < 1.29 is 28.2 Å². The number of rotatable bonds is 3. The van der Waals surface area contributed by atoms with E-state index < -0.39 is 35.5 Å². The maximum Gasteiger partial charge on any atom is 0.417 e. The highest BCUT2D eigenvalue weighted by molar-refractivity contribution is 6.30. The first-order valence-corrected chi connectivity index (χ1v) is 8.19. The van der Waals surface area contributed by atoms with Crippen LogP contribution >= 0.6 is 11.6 Å². The number of aliphatic hydroxyl groups is 1. The Morgan fingerprint density at radius 1 is 1.31 bits per heavy atom. The zero-order chi connectivity index (χ0) is 20.3. The van der Waals surface area contributed by atoms with Crippen LogP contribution < -0.4 is 0 Å². The zero-order valence-corrected chi connectivity index (χ0v) is 15.6. The molecular weight excluding hydrogens is 371 g/mol. The van der Waals surface area contributed by atoms with E-state index in [1.165, 1.54) is 13.0 Å². The first-order valence-electron chi connectivity index (χ1n) is 7.81. The Morgan fingerprint density at radius 2 is 1.88 bits per heavy atom. The number of alkyl halides is 3. The van der Waals surface area contributed by atoms with Crippen LogP contribution in [0, 0.1) is 11.8 Å². The number of halogens is 4. The molecule has 0 heterocycles. The highest BCUT2D eigenvalue weighted by Gasteiger charge is 2.35. The lowest BCUT2D eigenvalue weighted by atomic mass is 10.00. The van der Waals surface area contributed by atoms with Crippen molar-refractivity contribution in [1.29, 1.82) is 0 Å². The second-order valence-electron chi connectivity index (χ2n) is 6.82. The standard InChI is InChI=1S/C18H21ClF3NO3/c1-11(23(16(25)26)17(2,3)4)15(24)7-5-6-12-8-9-13(19)10-14(12)18(20,21)22/h8-11,15,24H,7H2,1-4H3,(H,25,26)/t11-,15+/m0/s1. The maximum atomic E-state index is 13.0. The van der Waals surface area contributed by atoms with Crippen LogP contribution in [0.3, 0.4) is 0 Å². The third-order valence-electron chi connectivity index (χ3n) is 3.71. The third-order valence-corrected chi connectivity index (χ3v) is 3.95. The summed E-state index contributed by atoms with van der Waals surface area (Å²) in [5.41, 5.74) is -1.96. The average Bonchev–Trinajstić information content (AvgIpc) is 2.45. The lowest BCUT2D eigenvalue weighted by Gasteiger charge is -2.39. The van der Waals surface area contributed by atoms with Crippen LogP contribution in [0.1, 0.15) is 45.2 Å². The Hall–Kier alpha value is -1.91. The second-order valence-corrected chi connectivity index (χ2v) is 7.26. The van der Waals surface area contributed by atoms with Gasteiger partial charge in [-0.25, -0.2) is 4.79 Å². The average molecular weight is 392 g/mol. The minimum Gasteiger partial charge on any atom is -0.465 e. The molecule has 1 amide bonds. The molecule has 0 fully saturated rings. The van der Waals surface area contributed by atoms with Crippen molar-refractivity contribution in [2.45, 2.75) is 58.0 Å². The van der Waals surface area contributed by atoms with Crippen LogP contribution in [-0.2, 0) is 6.18 Å². The molecule has 1 rings (SSSR count). The second kappa shape index (κ2) is 8.19. The molecule has 0 spiro atoms. The van der Waals surface area contributed by atoms with Gasteiger partial charge in [-0.05, 0) is 45.9 Å². The minimum absolute atomic E-state index is 0.0567. The first kappa shape index (κ1) is 22.1. The predicted molar refractivity (Wildman–Crippen MR) is 93.0 cm³/mol. The molecule has 0 bridgehead atoms. The zero-order valence-electron chi connectivity index (χ0n) is 14.9. The molecule has 0 aliphatic carbocycles. The fraction of sp³-hybridized carbons (Fsp3) is 0.500. The minimum atomic E-state index is -4.60. The number of nitrogens with zero attached hydrogens (tertiary/aromatic N) is 1. The van der Waals surface area contributed by atoms with Gasteiger partial charge in [0.15, 0.2) is 0 Å². The Balaban J connectivity index is 3.00. The van der Waals surface area contributed by atoms with Gasteiger partial charge >= 0.3 is 12.3 Å². The van der Waals surface area contributed by atoms with Gasteiger partial charge in [0, 0.05) is 22.5 Å². The lowest BCUT2D eigenvalue weighted by Crippen LogP contribution is -2.54. The number of carboxylic acid groups (broad SMARTS) is 1. The van der Waals surface area contributed by atoms with Crippen molar-refractivity contribution in [3.05, 3.63) is 34.3 Å². The Morgan fingerprint density at radius 3 is 2.35 bits per heavy atom. The summed E-state index contributed by atoms with van der Waals surface area (Å²) in [6.45, 7) is 6.56. The molecule has 0 saturated heterocycles. The SMILES string of the molecule is C[C@@H]([C@H](O)CC#Cc1ccc(Cl)cc1C(F)(F)F)N(C(=O)O)C(C)(C)C. The molecule has 1 aromatic rings. The smallest absolute Gasteiger partial charge is 0.417 e. The number of carbonyl (C=O) groups is 1. The normalized spacial score (nSPS) is 14.2. The maximum absolute atomic E-state index is 13.0. The van der Waals surface area contributed by atoms with E-state index in [9.17, 15) is 28.2 Å². The van der Waals surface area contributed by atoms with Crippen molar-refractivity contribution in [3.8, 4) is 11.8 Å². The third kappa shape index (κ3) is 5.82. The summed E-state index contributed by atoms with van der Waals surface area (Å²) in [6, 6.07) is 2.46. The molecule has 2 atom stereocenters. The van der Waals surface area contributed by atoms with Gasteiger partial charge in [0.2, 0.25) is 0 Å². The van der Waals surface area contributed by atoms with Gasteiger partial charge in [0.05, 0.1) is 17.7 Å². The van der Waals surface area contributed by atoms with Gasteiger partial charge in [-0.15, -0.1) is 0 Å². The van der Waals surface area contributed by atoms with Crippen LogP contribution in [0.15, 0.2) is 18.2 Å². The molecule has 0 aliphatic rings. The van der Waals surface area contributed by atoms with Gasteiger partial charge in [0.25, 0.3) is 0 Å². The van der Waals surface area contributed by atoms with Gasteiger partial charge in [-0.3, -0.25) is 4.90 Å². The molecule has 1 aromatic carbocycles. The quantitative estimate of drug-likeness (QED) is 0.738. The number of hydrogen-bond acceptors (Lipinski definition) is 2. The largest absolute Gasteiger partial charge is 0.465 e. The summed E-state index contributed by atoms with van der Waals surface area (Å²) in [5, 5.41) is 19.5. The Labute approximate surface area is 155 Å². The number of hydrogen-bond donors (Lipinski definition) is 2. The van der Waals surface area contributed by atoms with Gasteiger partial charge < -0.3 is 10.2 Å². The monoisotopic (exact) mass is 391 g/mol. The molecule has 8 heteroatoms. The van der Waals surface area contributed by atoms with E-state index in [2.05, 4.69) is 11.8 Å². The fourth-order valence-corrected chi connectivity index (χ4v) is 2.70. The molecule has 0 saturated carbocycles. The van der Waals surface area contributed by atoms with E-state index in [0.717, 1.165) is 17.0 Å². The Kier molecular flexibility index (Phi) is 6.97. The molecule has 2 N–H and O–H groups in total. The van der Waals surface area contributed by atoms with E-state index in [1.807, 2.05) is 0 Å². The van der Waals surface area contributed by atoms with Crippen LogP contribution in [0.5, 0.6) is 0 Å². The highest BCUT2D eigenvalue weighted by atomic mass is 35.5. The van der Waals surface area contributed by atoms with Gasteiger partial charge in [-0.1, -0.05) is 23.4 Å². The van der Waals surface area contributed by atoms with Crippen molar-refractivity contribution in [1.82, 2.24) is 4.90 Å². The first-order chi connectivity index (χ1) is 11.7. The van der Waals surface area contributed by atoms with Crippen molar-refractivity contribution >= 4 is 17.7 Å². The molecule has 0 unspecified atom stereocenters. The van der Waals surface area contributed by atoms with Crippen molar-refractivity contribution in [2.24, 2.45) is 0 Å². The number of amides is 1. The molecule has 144 valence electrons. The number of aliphatic hydroxyl groups excluding tert-OH is 1. The van der Waals surface area contributed by atoms with Crippen molar-refractivity contribution in [2.75, 3.05) is 0 Å². The summed E-state index contributed by atoms with van der Waals surface area (Å²) < 4.78 is 39.1. The van der Waals surface area contributed by atoms with Crippen LogP contribution in [0.4, 0.5) is 18.0 Å². The molecule has 0 aliphatic heterocycles. The van der Waals surface area contributed by atoms with Gasteiger partial charge in [0.1, 0.15) is 0 Å². The van der Waals surface area contributed by atoms with E-state index >= 15 is 0 Å². The van der Waals surface area contributed by atoms with E-state index in [4.69, 9.17) is 11.6 Å². The Bertz CT molecular complexity index is 717. The van der Waals surface area contributed by atoms with E-state index in [0.29, 0.717) is 0 Å². The molecule has 26 heavy (non-hydrogen) atoms. The molecule has 0 aromatic heterocycles. The van der Waals surface area contributed by atoms with E-state index in [-0.39, 0.29) is 17.0 Å². The lowest BCUT2D eigenvalue weighted by molar-refractivity contribution is -0.137.